The number of hydrogen-bond acceptors (Lipinski definition) is 10. The molecule has 1 atom stereocenters. The fraction of sp³-hybridized carbons (Fsp3) is 0.308. The van der Waals surface area contributed by atoms with E-state index in [1.54, 1.807) is 39.0 Å². The van der Waals surface area contributed by atoms with Crippen LogP contribution < -0.4 is 9.64 Å². The second-order valence-electron chi connectivity index (χ2n) is 9.59. The van der Waals surface area contributed by atoms with Crippen LogP contribution in [-0.2, 0) is 22.3 Å². The van der Waals surface area contributed by atoms with Crippen molar-refractivity contribution < 1.29 is 32.2 Å². The molecule has 1 N–H and O–H groups in total. The number of hydrogen-bond donors (Lipinski definition) is 1. The molecule has 0 radical (unpaired) electrons. The Morgan fingerprint density at radius 3 is 2.74 bits per heavy atom. The Kier molecular flexibility index (Phi) is 6.92. The predicted molar refractivity (Wildman–Crippen MR) is 146 cm³/mol. The van der Waals surface area contributed by atoms with Crippen LogP contribution in [0.5, 0.6) is 5.75 Å². The number of H-pyrrole nitrogens is 1. The first-order valence-corrected chi connectivity index (χ1v) is 13.6. The van der Waals surface area contributed by atoms with Gasteiger partial charge in [-0.05, 0) is 31.2 Å². The number of thiazole rings is 1. The number of rotatable bonds is 5. The van der Waals surface area contributed by atoms with Gasteiger partial charge >= 0.3 is 12.3 Å². The molecule has 5 aromatic rings. The zero-order chi connectivity index (χ0) is 29.6. The van der Waals surface area contributed by atoms with Crippen molar-refractivity contribution in [3.8, 4) is 17.3 Å². The maximum absolute atomic E-state index is 13.8. The molecule has 4 aromatic heterocycles. The maximum atomic E-state index is 13.8. The van der Waals surface area contributed by atoms with E-state index in [1.807, 2.05) is 13.0 Å². The lowest BCUT2D eigenvalue weighted by Crippen LogP contribution is -2.54. The van der Waals surface area contributed by atoms with Crippen molar-refractivity contribution in [1.82, 2.24) is 34.4 Å². The molecule has 1 aliphatic heterocycles. The second-order valence-corrected chi connectivity index (χ2v) is 10.6. The molecule has 1 fully saturated rings. The molecule has 0 spiro atoms. The number of nitrogens with zero attached hydrogens (tertiary/aromatic N) is 7. The molecule has 5 heterocycles. The summed E-state index contributed by atoms with van der Waals surface area (Å²) in [4.78, 5) is 48.1. The third-order valence-corrected chi connectivity index (χ3v) is 7.97. The predicted octanol–water partition coefficient (Wildman–Crippen LogP) is 4.33. The lowest BCUT2D eigenvalue weighted by atomic mass is 10.2. The summed E-state index contributed by atoms with van der Waals surface area (Å²) >= 11 is 0.529. The van der Waals surface area contributed by atoms with E-state index in [-0.39, 0.29) is 40.8 Å². The summed E-state index contributed by atoms with van der Waals surface area (Å²) in [5.74, 6) is 0.151. The Balaban J connectivity index is 1.25. The van der Waals surface area contributed by atoms with Crippen molar-refractivity contribution >= 4 is 50.6 Å². The van der Waals surface area contributed by atoms with Gasteiger partial charge in [0.1, 0.15) is 28.5 Å². The number of halogens is 3. The van der Waals surface area contributed by atoms with Crippen LogP contribution >= 0.6 is 11.3 Å². The highest BCUT2D eigenvalue weighted by Crippen LogP contribution is 2.43. The smallest absolute Gasteiger partial charge is 0.437 e. The van der Waals surface area contributed by atoms with E-state index in [4.69, 9.17) is 4.74 Å². The molecule has 1 aromatic carbocycles. The van der Waals surface area contributed by atoms with Gasteiger partial charge in [-0.25, -0.2) is 24.7 Å². The summed E-state index contributed by atoms with van der Waals surface area (Å²) in [6, 6.07) is 7.84. The number of carbonyl (C=O) groups excluding carboxylic acids is 2. The van der Waals surface area contributed by atoms with Gasteiger partial charge in [-0.3, -0.25) is 4.79 Å². The number of nitrogens with one attached hydrogen (secondary N) is 1. The van der Waals surface area contributed by atoms with Gasteiger partial charge in [0.15, 0.2) is 11.5 Å². The van der Waals surface area contributed by atoms with Crippen molar-refractivity contribution in [3.63, 3.8) is 0 Å². The Labute approximate surface area is 239 Å². The highest BCUT2D eigenvalue weighted by molar-refractivity contribution is 7.16. The molecule has 0 saturated carbocycles. The van der Waals surface area contributed by atoms with Gasteiger partial charge in [0.25, 0.3) is 0 Å². The number of amides is 1. The number of carbonyl (C=O) groups is 2. The van der Waals surface area contributed by atoms with Crippen molar-refractivity contribution in [3.05, 3.63) is 47.9 Å². The van der Waals surface area contributed by atoms with Gasteiger partial charge < -0.3 is 28.8 Å². The van der Waals surface area contributed by atoms with Crippen LogP contribution in [0.4, 0.5) is 23.0 Å². The van der Waals surface area contributed by atoms with E-state index in [1.165, 1.54) is 19.2 Å². The zero-order valence-corrected chi connectivity index (χ0v) is 23.1. The van der Waals surface area contributed by atoms with Crippen LogP contribution in [-0.4, -0.2) is 79.2 Å². The van der Waals surface area contributed by atoms with Gasteiger partial charge in [0.2, 0.25) is 10.9 Å². The first-order chi connectivity index (χ1) is 20.1. The van der Waals surface area contributed by atoms with Crippen molar-refractivity contribution in [1.29, 1.82) is 0 Å². The number of methoxy groups -OCH3 is 1. The first-order valence-electron chi connectivity index (χ1n) is 12.7. The Morgan fingerprint density at radius 2 is 1.98 bits per heavy atom. The highest BCUT2D eigenvalue weighted by Gasteiger charge is 2.39. The minimum absolute atomic E-state index is 0.0434. The van der Waals surface area contributed by atoms with Gasteiger partial charge in [0.05, 0.1) is 24.5 Å². The van der Waals surface area contributed by atoms with Crippen molar-refractivity contribution in [2.24, 2.45) is 0 Å². The van der Waals surface area contributed by atoms with Crippen LogP contribution in [0, 0.1) is 0 Å². The van der Waals surface area contributed by atoms with E-state index < -0.39 is 17.3 Å². The molecule has 12 nitrogen and oxygen atoms in total. The quantitative estimate of drug-likeness (QED) is 0.231. The van der Waals surface area contributed by atoms with Crippen LogP contribution in [0.15, 0.2) is 42.9 Å². The van der Waals surface area contributed by atoms with Crippen LogP contribution in [0.25, 0.3) is 33.7 Å². The van der Waals surface area contributed by atoms with E-state index in [0.29, 0.717) is 53.2 Å². The summed E-state index contributed by atoms with van der Waals surface area (Å²) in [7, 11) is 1.17. The number of aromatic nitrogens is 6. The van der Waals surface area contributed by atoms with Gasteiger partial charge in [-0.1, -0.05) is 11.3 Å². The Bertz CT molecular complexity index is 1800. The molecule has 0 aliphatic carbocycles. The molecular formula is C26H23F3N8O4S. The SMILES string of the molecule is COC(=O)Oc1ccc2[nH]c(-c3nc(C(F)(F)F)sc3N3CCN(C(=O)Cn4cnc5cccnc54)[C@H](C)C3)nc2c1. The van der Waals surface area contributed by atoms with Gasteiger partial charge in [-0.15, -0.1) is 0 Å². The number of benzene rings is 1. The molecule has 16 heteroatoms. The molecule has 0 bridgehead atoms. The van der Waals surface area contributed by atoms with Crippen LogP contribution in [0.2, 0.25) is 0 Å². The number of piperazine rings is 1. The third-order valence-electron chi connectivity index (χ3n) is 6.81. The minimum Gasteiger partial charge on any atom is -0.437 e. The largest absolute Gasteiger partial charge is 0.513 e. The first kappa shape index (κ1) is 27.4. The zero-order valence-electron chi connectivity index (χ0n) is 22.3. The molecule has 6 rings (SSSR count). The number of aromatic amines is 1. The summed E-state index contributed by atoms with van der Waals surface area (Å²) in [6.45, 7) is 2.78. The molecule has 1 aliphatic rings. The third kappa shape index (κ3) is 5.20. The normalized spacial score (nSPS) is 15.9. The number of imidazole rings is 2. The number of ether oxygens (including phenoxy) is 2. The van der Waals surface area contributed by atoms with Gasteiger partial charge in [0, 0.05) is 37.9 Å². The lowest BCUT2D eigenvalue weighted by Gasteiger charge is -2.40. The van der Waals surface area contributed by atoms with E-state index in [9.17, 15) is 22.8 Å². The van der Waals surface area contributed by atoms with E-state index in [0.717, 1.165) is 0 Å². The summed E-state index contributed by atoms with van der Waals surface area (Å²) in [5.41, 5.74) is 2.20. The summed E-state index contributed by atoms with van der Waals surface area (Å²) in [6.07, 6.45) is -2.37. The van der Waals surface area contributed by atoms with Crippen LogP contribution in [0.1, 0.15) is 11.9 Å². The summed E-state index contributed by atoms with van der Waals surface area (Å²) in [5, 5.41) is -0.718. The molecule has 1 amide bonds. The minimum atomic E-state index is -4.66. The molecule has 0 unspecified atom stereocenters. The fourth-order valence-electron chi connectivity index (χ4n) is 4.86. The Hall–Kier alpha value is -4.73. The molecular weight excluding hydrogens is 577 g/mol. The fourth-order valence-corrected chi connectivity index (χ4v) is 5.83. The molecule has 1 saturated heterocycles. The number of anilines is 1. The summed E-state index contributed by atoms with van der Waals surface area (Å²) < 4.78 is 52.5. The van der Waals surface area contributed by atoms with E-state index >= 15 is 0 Å². The topological polar surface area (TPSA) is 131 Å². The monoisotopic (exact) mass is 600 g/mol. The number of alkyl halides is 3. The number of fused-ring (bicyclic) bond motifs is 2. The lowest BCUT2D eigenvalue weighted by molar-refractivity contribution is -0.137. The van der Waals surface area contributed by atoms with Crippen molar-refractivity contribution in [2.45, 2.75) is 25.7 Å². The Morgan fingerprint density at radius 1 is 1.14 bits per heavy atom. The van der Waals surface area contributed by atoms with Crippen molar-refractivity contribution in [2.75, 3.05) is 31.6 Å². The molecule has 218 valence electrons. The highest BCUT2D eigenvalue weighted by atomic mass is 32.1. The average molecular weight is 601 g/mol. The second kappa shape index (κ2) is 10.6. The average Bonchev–Trinajstić information content (AvgIpc) is 3.69. The maximum Gasteiger partial charge on any atom is 0.513 e. The standard InChI is InChI=1S/C26H23F3N8O4S/c1-14-11-35(8-9-37(14)19(38)12-36-13-31-17-4-3-7-30-22(17)36)23-20(34-24(42-23)26(27,28)29)21-32-16-6-5-15(10-18(16)33-21)41-25(39)40-2/h3-7,10,13-14H,8-9,11-12H2,1-2H3,(H,32,33)/t14-/m1/s1. The van der Waals surface area contributed by atoms with E-state index in [2.05, 4.69) is 29.7 Å². The molecule has 42 heavy (non-hydrogen) atoms. The van der Waals surface area contributed by atoms with Crippen LogP contribution in [0.3, 0.4) is 0 Å². The van der Waals surface area contributed by atoms with Gasteiger partial charge in [-0.2, -0.15) is 13.2 Å². The number of pyridine rings is 1.